The van der Waals surface area contributed by atoms with Gasteiger partial charge in [0.25, 0.3) is 5.91 Å². The maximum Gasteiger partial charge on any atom is 0.251 e. The Bertz CT molecular complexity index is 767. The number of methoxy groups -OCH3 is 1. The minimum absolute atomic E-state index is 0.0298. The quantitative estimate of drug-likeness (QED) is 0.806. The molecule has 1 aliphatic heterocycles. The van der Waals surface area contributed by atoms with Crippen LogP contribution in [0.2, 0.25) is 0 Å². The molecular weight excluding hydrogens is 380 g/mol. The Morgan fingerprint density at radius 1 is 1.11 bits per heavy atom. The molecule has 1 amide bonds. The SMILES string of the molecule is COc1ccc(C(=O)NC2CCCCCCC2)cc1S(=O)(=O)N1CCOCC1. The van der Waals surface area contributed by atoms with Crippen molar-refractivity contribution < 1.29 is 22.7 Å². The zero-order valence-electron chi connectivity index (χ0n) is 16.5. The standard InChI is InChI=1S/C20H30N2O5S/c1-26-18-10-9-16(20(23)21-17-7-5-3-2-4-6-8-17)15-19(18)28(24,25)22-11-13-27-14-12-22/h9-10,15,17H,2-8,11-14H2,1H3,(H,21,23). The molecule has 7 nitrogen and oxygen atoms in total. The summed E-state index contributed by atoms with van der Waals surface area (Å²) >= 11 is 0. The summed E-state index contributed by atoms with van der Waals surface area (Å²) in [4.78, 5) is 12.8. The molecule has 2 aliphatic rings. The van der Waals surface area contributed by atoms with Crippen molar-refractivity contribution in [2.24, 2.45) is 0 Å². The number of amides is 1. The summed E-state index contributed by atoms with van der Waals surface area (Å²) in [6, 6.07) is 4.76. The van der Waals surface area contributed by atoms with Gasteiger partial charge in [-0.1, -0.05) is 32.1 Å². The zero-order chi connectivity index (χ0) is 20.0. The van der Waals surface area contributed by atoms with Crippen molar-refractivity contribution >= 4 is 15.9 Å². The number of ether oxygens (including phenoxy) is 2. The Hall–Kier alpha value is -1.64. The first kappa shape index (κ1) is 21.1. The highest BCUT2D eigenvalue weighted by atomic mass is 32.2. The number of hydrogen-bond donors (Lipinski definition) is 1. The van der Waals surface area contributed by atoms with Gasteiger partial charge >= 0.3 is 0 Å². The summed E-state index contributed by atoms with van der Waals surface area (Å²) in [7, 11) is -2.32. The van der Waals surface area contributed by atoms with Crippen LogP contribution in [0, 0.1) is 0 Å². The van der Waals surface area contributed by atoms with Crippen LogP contribution in [0.15, 0.2) is 23.1 Å². The molecule has 0 aromatic heterocycles. The van der Waals surface area contributed by atoms with Gasteiger partial charge in [-0.2, -0.15) is 4.31 Å². The summed E-state index contributed by atoms with van der Waals surface area (Å²) in [5.41, 5.74) is 0.342. The van der Waals surface area contributed by atoms with E-state index in [1.807, 2.05) is 0 Å². The number of carbonyl (C=O) groups is 1. The van der Waals surface area contributed by atoms with Gasteiger partial charge in [-0.3, -0.25) is 4.79 Å². The molecule has 28 heavy (non-hydrogen) atoms. The van der Waals surface area contributed by atoms with Crippen molar-refractivity contribution in [3.63, 3.8) is 0 Å². The van der Waals surface area contributed by atoms with Gasteiger partial charge in [-0.25, -0.2) is 8.42 Å². The lowest BCUT2D eigenvalue weighted by atomic mass is 9.96. The lowest BCUT2D eigenvalue weighted by Gasteiger charge is -2.27. The first-order chi connectivity index (χ1) is 13.5. The monoisotopic (exact) mass is 410 g/mol. The second-order valence-corrected chi connectivity index (χ2v) is 9.30. The third-order valence-corrected chi connectivity index (χ3v) is 7.37. The predicted octanol–water partition coefficient (Wildman–Crippen LogP) is 2.56. The molecule has 0 spiro atoms. The van der Waals surface area contributed by atoms with E-state index in [1.165, 1.54) is 36.7 Å². The van der Waals surface area contributed by atoms with Gasteiger partial charge < -0.3 is 14.8 Å². The molecule has 1 heterocycles. The number of nitrogens with zero attached hydrogens (tertiary/aromatic N) is 1. The van der Waals surface area contributed by atoms with Crippen LogP contribution in [0.4, 0.5) is 0 Å². The summed E-state index contributed by atoms with van der Waals surface area (Å²) < 4.78 is 38.0. The van der Waals surface area contributed by atoms with Crippen molar-refractivity contribution in [1.82, 2.24) is 9.62 Å². The highest BCUT2D eigenvalue weighted by molar-refractivity contribution is 7.89. The van der Waals surface area contributed by atoms with Crippen molar-refractivity contribution in [1.29, 1.82) is 0 Å². The van der Waals surface area contributed by atoms with Crippen LogP contribution in [-0.4, -0.2) is 58.1 Å². The molecule has 1 saturated carbocycles. The van der Waals surface area contributed by atoms with E-state index in [9.17, 15) is 13.2 Å². The van der Waals surface area contributed by atoms with Crippen LogP contribution in [0.25, 0.3) is 0 Å². The van der Waals surface area contributed by atoms with Gasteiger partial charge in [0.15, 0.2) is 0 Å². The molecule has 8 heteroatoms. The van der Waals surface area contributed by atoms with E-state index in [2.05, 4.69) is 5.32 Å². The van der Waals surface area contributed by atoms with Gasteiger partial charge in [0.2, 0.25) is 10.0 Å². The van der Waals surface area contributed by atoms with E-state index in [0.717, 1.165) is 25.7 Å². The second-order valence-electron chi connectivity index (χ2n) is 7.40. The van der Waals surface area contributed by atoms with Crippen LogP contribution in [0.3, 0.4) is 0 Å². The topological polar surface area (TPSA) is 84.9 Å². The molecule has 0 bridgehead atoms. The maximum absolute atomic E-state index is 13.1. The Morgan fingerprint density at radius 2 is 1.75 bits per heavy atom. The smallest absolute Gasteiger partial charge is 0.251 e. The Morgan fingerprint density at radius 3 is 2.39 bits per heavy atom. The van der Waals surface area contributed by atoms with Gasteiger partial charge in [-0.15, -0.1) is 0 Å². The molecule has 1 aromatic carbocycles. The summed E-state index contributed by atoms with van der Waals surface area (Å²) in [5.74, 6) is 0.0145. The van der Waals surface area contributed by atoms with E-state index in [-0.39, 0.29) is 22.6 Å². The molecule has 0 radical (unpaired) electrons. The largest absolute Gasteiger partial charge is 0.495 e. The molecule has 2 fully saturated rings. The van der Waals surface area contributed by atoms with E-state index in [1.54, 1.807) is 12.1 Å². The Kier molecular flexibility index (Phi) is 7.31. The van der Waals surface area contributed by atoms with E-state index in [0.29, 0.717) is 31.9 Å². The average molecular weight is 411 g/mol. The van der Waals surface area contributed by atoms with Crippen LogP contribution < -0.4 is 10.1 Å². The third-order valence-electron chi connectivity index (χ3n) is 5.45. The average Bonchev–Trinajstić information content (AvgIpc) is 2.70. The van der Waals surface area contributed by atoms with Gasteiger partial charge in [0.05, 0.1) is 20.3 Å². The zero-order valence-corrected chi connectivity index (χ0v) is 17.3. The molecule has 0 unspecified atom stereocenters. The van der Waals surface area contributed by atoms with Crippen LogP contribution in [-0.2, 0) is 14.8 Å². The normalized spacial score (nSPS) is 20.2. The molecule has 1 N–H and O–H groups in total. The van der Waals surface area contributed by atoms with Crippen molar-refractivity contribution in [3.05, 3.63) is 23.8 Å². The lowest BCUT2D eigenvalue weighted by Crippen LogP contribution is -2.41. The van der Waals surface area contributed by atoms with Gasteiger partial charge in [0.1, 0.15) is 10.6 Å². The van der Waals surface area contributed by atoms with Crippen LogP contribution in [0.5, 0.6) is 5.75 Å². The van der Waals surface area contributed by atoms with Crippen molar-refractivity contribution in [2.75, 3.05) is 33.4 Å². The first-order valence-electron chi connectivity index (χ1n) is 10.1. The molecule has 1 aromatic rings. The summed E-state index contributed by atoms with van der Waals surface area (Å²) in [6.45, 7) is 1.32. The molecule has 3 rings (SSSR count). The molecule has 1 aliphatic carbocycles. The number of hydrogen-bond acceptors (Lipinski definition) is 5. The fourth-order valence-corrected chi connectivity index (χ4v) is 5.40. The molecule has 1 saturated heterocycles. The Labute approximate surface area is 167 Å². The van der Waals surface area contributed by atoms with Crippen LogP contribution >= 0.6 is 0 Å². The van der Waals surface area contributed by atoms with E-state index < -0.39 is 10.0 Å². The summed E-state index contributed by atoms with van der Waals surface area (Å²) in [5, 5.41) is 3.09. The maximum atomic E-state index is 13.1. The minimum atomic E-state index is -3.76. The highest BCUT2D eigenvalue weighted by Crippen LogP contribution is 2.28. The van der Waals surface area contributed by atoms with Crippen molar-refractivity contribution in [3.8, 4) is 5.75 Å². The van der Waals surface area contributed by atoms with Crippen molar-refractivity contribution in [2.45, 2.75) is 55.9 Å². The van der Waals surface area contributed by atoms with Crippen LogP contribution in [0.1, 0.15) is 55.3 Å². The first-order valence-corrected chi connectivity index (χ1v) is 11.5. The number of benzene rings is 1. The fraction of sp³-hybridized carbons (Fsp3) is 0.650. The fourth-order valence-electron chi connectivity index (χ4n) is 3.81. The molecular formula is C20H30N2O5S. The minimum Gasteiger partial charge on any atom is -0.495 e. The number of carbonyl (C=O) groups excluding carboxylic acids is 1. The number of rotatable bonds is 5. The summed E-state index contributed by atoms with van der Waals surface area (Å²) in [6.07, 6.45) is 7.85. The Balaban J connectivity index is 1.80. The van der Waals surface area contributed by atoms with Gasteiger partial charge in [-0.05, 0) is 31.0 Å². The number of nitrogens with one attached hydrogen (secondary N) is 1. The van der Waals surface area contributed by atoms with Gasteiger partial charge in [0, 0.05) is 24.7 Å². The molecule has 156 valence electrons. The second kappa shape index (κ2) is 9.71. The number of sulfonamides is 1. The molecule has 0 atom stereocenters. The lowest BCUT2D eigenvalue weighted by molar-refractivity contribution is 0.0729. The number of morpholine rings is 1. The third kappa shape index (κ3) is 5.04. The van der Waals surface area contributed by atoms with E-state index >= 15 is 0 Å². The van der Waals surface area contributed by atoms with E-state index in [4.69, 9.17) is 9.47 Å². The highest BCUT2D eigenvalue weighted by Gasteiger charge is 2.30. The predicted molar refractivity (Wildman–Crippen MR) is 106 cm³/mol.